The second-order valence-corrected chi connectivity index (χ2v) is 7.65. The Morgan fingerprint density at radius 3 is 1.71 bits per heavy atom. The van der Waals surface area contributed by atoms with Crippen LogP contribution in [-0.2, 0) is 13.1 Å². The second kappa shape index (κ2) is 16.9. The molecule has 0 atom stereocenters. The molecule has 1 fully saturated rings. The lowest BCUT2D eigenvalue weighted by atomic mass is 10.1. The molecule has 0 spiro atoms. The second-order valence-electron chi connectivity index (χ2n) is 7.65. The highest BCUT2D eigenvalue weighted by molar-refractivity contribution is 5.86. The van der Waals surface area contributed by atoms with Crippen molar-refractivity contribution in [3.8, 4) is 23.0 Å². The van der Waals surface area contributed by atoms with E-state index in [0.717, 1.165) is 80.9 Å². The largest absolute Gasteiger partial charge is 0.497 e. The van der Waals surface area contributed by atoms with E-state index in [1.54, 1.807) is 28.4 Å². The predicted molar refractivity (Wildman–Crippen MR) is 144 cm³/mol. The number of nitrogens with one attached hydrogen (secondary N) is 1. The minimum Gasteiger partial charge on any atom is -0.497 e. The SMILES string of the molecule is COc1ccc(CNCCN2CCN(Cc3ccc(OC)cc3OC)CC2)c(OC)c1.Cl.Cl.Cl. The summed E-state index contributed by atoms with van der Waals surface area (Å²) < 4.78 is 21.6. The lowest BCUT2D eigenvalue weighted by Crippen LogP contribution is -2.47. The van der Waals surface area contributed by atoms with Crippen LogP contribution in [-0.4, -0.2) is 77.5 Å². The lowest BCUT2D eigenvalue weighted by Gasteiger charge is -2.35. The fraction of sp³-hybridized carbons (Fsp3) is 0.500. The first kappa shape index (κ1) is 32.4. The van der Waals surface area contributed by atoms with Crippen molar-refractivity contribution in [2.75, 3.05) is 67.7 Å². The summed E-state index contributed by atoms with van der Waals surface area (Å²) in [5.41, 5.74) is 2.34. The van der Waals surface area contributed by atoms with Gasteiger partial charge in [0.05, 0.1) is 28.4 Å². The number of ether oxygens (including phenoxy) is 4. The first-order chi connectivity index (χ1) is 15.2. The Morgan fingerprint density at radius 1 is 0.676 bits per heavy atom. The average molecular weight is 539 g/mol. The Labute approximate surface area is 222 Å². The summed E-state index contributed by atoms with van der Waals surface area (Å²) in [5, 5.41) is 3.53. The van der Waals surface area contributed by atoms with Gasteiger partial charge < -0.3 is 24.3 Å². The van der Waals surface area contributed by atoms with Crippen molar-refractivity contribution in [2.45, 2.75) is 13.1 Å². The maximum Gasteiger partial charge on any atom is 0.127 e. The van der Waals surface area contributed by atoms with Gasteiger partial charge in [-0.3, -0.25) is 9.80 Å². The van der Waals surface area contributed by atoms with Gasteiger partial charge in [0.2, 0.25) is 0 Å². The summed E-state index contributed by atoms with van der Waals surface area (Å²) >= 11 is 0. The van der Waals surface area contributed by atoms with Gasteiger partial charge in [0, 0.05) is 75.6 Å². The molecule has 34 heavy (non-hydrogen) atoms. The van der Waals surface area contributed by atoms with Crippen molar-refractivity contribution >= 4 is 37.2 Å². The van der Waals surface area contributed by atoms with Gasteiger partial charge in [-0.05, 0) is 12.1 Å². The van der Waals surface area contributed by atoms with E-state index in [-0.39, 0.29) is 37.2 Å². The van der Waals surface area contributed by atoms with E-state index in [0.29, 0.717) is 0 Å². The Kier molecular flexibility index (Phi) is 16.1. The molecule has 7 nitrogen and oxygen atoms in total. The van der Waals surface area contributed by atoms with Crippen LogP contribution in [0.4, 0.5) is 0 Å². The number of piperazine rings is 1. The Balaban J connectivity index is 0.00000363. The van der Waals surface area contributed by atoms with Crippen molar-refractivity contribution in [3.63, 3.8) is 0 Å². The van der Waals surface area contributed by atoms with Crippen molar-refractivity contribution in [1.29, 1.82) is 0 Å². The van der Waals surface area contributed by atoms with E-state index < -0.39 is 0 Å². The quantitative estimate of drug-likeness (QED) is 0.436. The van der Waals surface area contributed by atoms with Gasteiger partial charge >= 0.3 is 0 Å². The first-order valence-electron chi connectivity index (χ1n) is 10.7. The number of methoxy groups -OCH3 is 4. The van der Waals surface area contributed by atoms with Crippen molar-refractivity contribution in [1.82, 2.24) is 15.1 Å². The van der Waals surface area contributed by atoms with Gasteiger partial charge in [-0.15, -0.1) is 37.2 Å². The summed E-state index contributed by atoms with van der Waals surface area (Å²) in [5.74, 6) is 3.38. The molecule has 1 aliphatic heterocycles. The summed E-state index contributed by atoms with van der Waals surface area (Å²) in [6.45, 7) is 7.93. The summed E-state index contributed by atoms with van der Waals surface area (Å²) in [4.78, 5) is 5.00. The average Bonchev–Trinajstić information content (AvgIpc) is 2.83. The van der Waals surface area contributed by atoms with Crippen LogP contribution in [0.5, 0.6) is 23.0 Å². The van der Waals surface area contributed by atoms with E-state index in [1.807, 2.05) is 24.3 Å². The molecule has 0 unspecified atom stereocenters. The summed E-state index contributed by atoms with van der Waals surface area (Å²) in [6, 6.07) is 12.0. The molecule has 1 aliphatic rings. The number of rotatable bonds is 11. The lowest BCUT2D eigenvalue weighted by molar-refractivity contribution is 0.127. The zero-order valence-corrected chi connectivity index (χ0v) is 22.8. The van der Waals surface area contributed by atoms with E-state index in [4.69, 9.17) is 18.9 Å². The molecule has 2 aromatic rings. The highest BCUT2D eigenvalue weighted by Crippen LogP contribution is 2.26. The standard InChI is InChI=1S/C24H35N3O4.3ClH/c1-28-21-7-5-19(23(15-21)30-3)17-25-9-10-26-11-13-27(14-12-26)18-20-6-8-22(29-2)16-24(20)31-4;;;/h5-8,15-16,25H,9-14,17-18H2,1-4H3;3*1H. The van der Waals surface area contributed by atoms with Gasteiger partial charge in [-0.25, -0.2) is 0 Å². The van der Waals surface area contributed by atoms with Crippen molar-refractivity contribution < 1.29 is 18.9 Å². The summed E-state index contributed by atoms with van der Waals surface area (Å²) in [6.07, 6.45) is 0. The molecule has 0 bridgehead atoms. The van der Waals surface area contributed by atoms with Crippen LogP contribution in [0.3, 0.4) is 0 Å². The fourth-order valence-electron chi connectivity index (χ4n) is 3.85. The minimum atomic E-state index is 0. The Bertz CT molecular complexity index is 834. The highest BCUT2D eigenvalue weighted by atomic mass is 35.5. The number of halogens is 3. The molecule has 3 rings (SSSR count). The Morgan fingerprint density at radius 2 is 1.18 bits per heavy atom. The van der Waals surface area contributed by atoms with Crippen LogP contribution in [0.25, 0.3) is 0 Å². The molecule has 0 amide bonds. The smallest absolute Gasteiger partial charge is 0.127 e. The molecule has 0 aliphatic carbocycles. The summed E-state index contributed by atoms with van der Waals surface area (Å²) in [7, 11) is 6.75. The van der Waals surface area contributed by atoms with Crippen LogP contribution < -0.4 is 24.3 Å². The molecule has 1 N–H and O–H groups in total. The van der Waals surface area contributed by atoms with E-state index >= 15 is 0 Å². The monoisotopic (exact) mass is 537 g/mol. The van der Waals surface area contributed by atoms with Gasteiger partial charge in [0.15, 0.2) is 0 Å². The van der Waals surface area contributed by atoms with Crippen LogP contribution in [0, 0.1) is 0 Å². The van der Waals surface area contributed by atoms with Gasteiger partial charge in [-0.1, -0.05) is 12.1 Å². The van der Waals surface area contributed by atoms with Gasteiger partial charge in [0.1, 0.15) is 23.0 Å². The molecule has 1 saturated heterocycles. The molecule has 194 valence electrons. The fourth-order valence-corrected chi connectivity index (χ4v) is 3.85. The third-order valence-corrected chi connectivity index (χ3v) is 5.77. The van der Waals surface area contributed by atoms with Crippen LogP contribution in [0.1, 0.15) is 11.1 Å². The molecule has 2 aromatic carbocycles. The maximum absolute atomic E-state index is 5.54. The van der Waals surface area contributed by atoms with Crippen molar-refractivity contribution in [3.05, 3.63) is 47.5 Å². The molecular weight excluding hydrogens is 501 g/mol. The molecule has 10 heteroatoms. The minimum absolute atomic E-state index is 0. The zero-order valence-electron chi connectivity index (χ0n) is 20.4. The number of benzene rings is 2. The number of nitrogens with zero attached hydrogens (tertiary/aromatic N) is 2. The predicted octanol–water partition coefficient (Wildman–Crippen LogP) is 3.89. The number of hydrogen-bond acceptors (Lipinski definition) is 7. The zero-order chi connectivity index (χ0) is 22.1. The van der Waals surface area contributed by atoms with Crippen LogP contribution >= 0.6 is 37.2 Å². The first-order valence-corrected chi connectivity index (χ1v) is 10.7. The van der Waals surface area contributed by atoms with E-state index in [9.17, 15) is 0 Å². The number of hydrogen-bond donors (Lipinski definition) is 1. The van der Waals surface area contributed by atoms with Gasteiger partial charge in [0.25, 0.3) is 0 Å². The molecular formula is C24H38Cl3N3O4. The Hall–Kier alpha value is -1.61. The maximum atomic E-state index is 5.54. The molecule has 0 aromatic heterocycles. The normalized spacial score (nSPS) is 13.6. The van der Waals surface area contributed by atoms with Crippen molar-refractivity contribution in [2.24, 2.45) is 0 Å². The molecule has 0 radical (unpaired) electrons. The molecule has 0 saturated carbocycles. The van der Waals surface area contributed by atoms with Gasteiger partial charge in [-0.2, -0.15) is 0 Å². The highest BCUT2D eigenvalue weighted by Gasteiger charge is 2.18. The van der Waals surface area contributed by atoms with Crippen LogP contribution in [0.2, 0.25) is 0 Å². The van der Waals surface area contributed by atoms with Crippen LogP contribution in [0.15, 0.2) is 36.4 Å². The third kappa shape index (κ3) is 9.21. The topological polar surface area (TPSA) is 55.4 Å². The van der Waals surface area contributed by atoms with E-state index in [2.05, 4.69) is 27.2 Å². The molecule has 1 heterocycles. The van der Waals surface area contributed by atoms with E-state index in [1.165, 1.54) is 5.56 Å². The third-order valence-electron chi connectivity index (χ3n) is 5.77.